The number of non-ortho nitro benzene ring substituents is 1. The van der Waals surface area contributed by atoms with Crippen molar-refractivity contribution in [3.05, 3.63) is 58.1 Å². The van der Waals surface area contributed by atoms with E-state index in [1.165, 1.54) is 36.4 Å². The fourth-order valence-electron chi connectivity index (χ4n) is 2.67. The fourth-order valence-corrected chi connectivity index (χ4v) is 4.16. The van der Waals surface area contributed by atoms with Crippen molar-refractivity contribution in [3.8, 4) is 5.75 Å². The van der Waals surface area contributed by atoms with Crippen LogP contribution in [-0.2, 0) is 14.8 Å². The summed E-state index contributed by atoms with van der Waals surface area (Å²) in [5.41, 5.74) is 0.715. The van der Waals surface area contributed by atoms with Crippen LogP contribution in [0.25, 0.3) is 0 Å². The third-order valence-corrected chi connectivity index (χ3v) is 6.01. The van der Waals surface area contributed by atoms with Crippen molar-refractivity contribution in [3.63, 3.8) is 0 Å². The minimum atomic E-state index is -3.91. The molecule has 1 N–H and O–H groups in total. The van der Waals surface area contributed by atoms with Gasteiger partial charge < -0.3 is 10.1 Å². The number of carbonyl (C=O) groups is 1. The van der Waals surface area contributed by atoms with Gasteiger partial charge in [-0.15, -0.1) is 0 Å². The van der Waals surface area contributed by atoms with Crippen LogP contribution < -0.4 is 10.1 Å². The molecule has 0 aromatic heterocycles. The van der Waals surface area contributed by atoms with Crippen molar-refractivity contribution >= 4 is 27.3 Å². The van der Waals surface area contributed by atoms with E-state index in [2.05, 4.69) is 5.32 Å². The fraction of sp³-hybridized carbons (Fsp3) is 0.316. The number of hydrogen-bond donors (Lipinski definition) is 1. The Balaban J connectivity index is 2.17. The molecule has 0 fully saturated rings. The number of nitrogens with one attached hydrogen (secondary N) is 1. The van der Waals surface area contributed by atoms with Gasteiger partial charge in [0.1, 0.15) is 5.75 Å². The number of amides is 1. The molecule has 0 saturated carbocycles. The molecule has 0 radical (unpaired) electrons. The van der Waals surface area contributed by atoms with Gasteiger partial charge in [-0.05, 0) is 43.7 Å². The number of carbonyl (C=O) groups excluding carboxylic acids is 1. The first-order valence-electron chi connectivity index (χ1n) is 8.97. The first kappa shape index (κ1) is 22.3. The molecule has 0 spiro atoms. The van der Waals surface area contributed by atoms with Crippen LogP contribution in [-0.4, -0.2) is 43.2 Å². The standard InChI is InChI=1S/C19H23N3O6S/c1-4-21(13-19(23)20-15-7-6-8-16(12-15)22(24)25)29(26,27)17-9-10-18(28-5-2)14(3)11-17/h6-12H,4-5,13H2,1-3H3,(H,20,23). The van der Waals surface area contributed by atoms with Gasteiger partial charge in [0.15, 0.2) is 0 Å². The largest absolute Gasteiger partial charge is 0.494 e. The molecule has 0 aliphatic heterocycles. The Hall–Kier alpha value is -2.98. The van der Waals surface area contributed by atoms with Gasteiger partial charge in [0.2, 0.25) is 15.9 Å². The summed E-state index contributed by atoms with van der Waals surface area (Å²) >= 11 is 0. The van der Waals surface area contributed by atoms with E-state index in [0.717, 1.165) is 4.31 Å². The van der Waals surface area contributed by atoms with Crippen LogP contribution >= 0.6 is 0 Å². The van der Waals surface area contributed by atoms with Crippen molar-refractivity contribution in [2.24, 2.45) is 0 Å². The van der Waals surface area contributed by atoms with Gasteiger partial charge in [0, 0.05) is 24.4 Å². The molecule has 0 bridgehead atoms. The second-order valence-electron chi connectivity index (χ2n) is 6.15. The van der Waals surface area contributed by atoms with E-state index in [9.17, 15) is 23.3 Å². The molecule has 2 aromatic carbocycles. The molecule has 29 heavy (non-hydrogen) atoms. The number of likely N-dealkylation sites (N-methyl/N-ethyl adjacent to an activating group) is 1. The molecular weight excluding hydrogens is 398 g/mol. The topological polar surface area (TPSA) is 119 Å². The molecule has 9 nitrogen and oxygen atoms in total. The van der Waals surface area contributed by atoms with Crippen molar-refractivity contribution in [2.75, 3.05) is 25.0 Å². The van der Waals surface area contributed by atoms with Crippen LogP contribution in [0.15, 0.2) is 47.4 Å². The van der Waals surface area contributed by atoms with E-state index in [4.69, 9.17) is 4.74 Å². The number of hydrogen-bond acceptors (Lipinski definition) is 6. The normalized spacial score (nSPS) is 11.3. The Morgan fingerprint density at radius 1 is 1.21 bits per heavy atom. The number of benzene rings is 2. The highest BCUT2D eigenvalue weighted by atomic mass is 32.2. The number of aryl methyl sites for hydroxylation is 1. The lowest BCUT2D eigenvalue weighted by Crippen LogP contribution is -2.37. The highest BCUT2D eigenvalue weighted by Gasteiger charge is 2.26. The molecule has 0 atom stereocenters. The zero-order valence-corrected chi connectivity index (χ0v) is 17.2. The number of nitrogens with zero attached hydrogens (tertiary/aromatic N) is 2. The number of anilines is 1. The lowest BCUT2D eigenvalue weighted by Gasteiger charge is -2.20. The smallest absolute Gasteiger partial charge is 0.271 e. The average molecular weight is 421 g/mol. The van der Waals surface area contributed by atoms with E-state index >= 15 is 0 Å². The molecule has 0 aliphatic rings. The van der Waals surface area contributed by atoms with Crippen molar-refractivity contribution in [1.29, 1.82) is 0 Å². The van der Waals surface area contributed by atoms with Gasteiger partial charge in [-0.1, -0.05) is 13.0 Å². The van der Waals surface area contributed by atoms with Gasteiger partial charge in [-0.2, -0.15) is 4.31 Å². The highest BCUT2D eigenvalue weighted by molar-refractivity contribution is 7.89. The quantitative estimate of drug-likeness (QED) is 0.491. The van der Waals surface area contributed by atoms with Crippen LogP contribution in [0.1, 0.15) is 19.4 Å². The molecule has 0 saturated heterocycles. The predicted octanol–water partition coefficient (Wildman–Crippen LogP) is 2.95. The van der Waals surface area contributed by atoms with E-state index < -0.39 is 27.4 Å². The summed E-state index contributed by atoms with van der Waals surface area (Å²) in [6, 6.07) is 9.96. The molecule has 0 heterocycles. The minimum absolute atomic E-state index is 0.0588. The van der Waals surface area contributed by atoms with Crippen LogP contribution in [0.4, 0.5) is 11.4 Å². The van der Waals surface area contributed by atoms with Crippen LogP contribution in [0.3, 0.4) is 0 Å². The Bertz CT molecular complexity index is 1010. The third-order valence-electron chi connectivity index (χ3n) is 4.10. The van der Waals surface area contributed by atoms with Gasteiger partial charge in [-0.25, -0.2) is 8.42 Å². The monoisotopic (exact) mass is 421 g/mol. The number of ether oxygens (including phenoxy) is 1. The number of nitro groups is 1. The SMILES string of the molecule is CCOc1ccc(S(=O)(=O)N(CC)CC(=O)Nc2cccc([N+](=O)[O-])c2)cc1C. The summed E-state index contributed by atoms with van der Waals surface area (Å²) in [6.07, 6.45) is 0. The van der Waals surface area contributed by atoms with Gasteiger partial charge in [0.05, 0.1) is 23.0 Å². The molecular formula is C19H23N3O6S. The molecule has 2 rings (SSSR count). The molecule has 0 aliphatic carbocycles. The predicted molar refractivity (Wildman–Crippen MR) is 109 cm³/mol. The molecule has 156 valence electrons. The van der Waals surface area contributed by atoms with Crippen LogP contribution in [0.2, 0.25) is 0 Å². The number of nitro benzene ring substituents is 1. The minimum Gasteiger partial charge on any atom is -0.494 e. The Kier molecular flexibility index (Phi) is 7.29. The molecule has 2 aromatic rings. The number of rotatable bonds is 9. The Morgan fingerprint density at radius 2 is 1.93 bits per heavy atom. The van der Waals surface area contributed by atoms with Crippen LogP contribution in [0, 0.1) is 17.0 Å². The zero-order valence-electron chi connectivity index (χ0n) is 16.4. The Morgan fingerprint density at radius 3 is 2.52 bits per heavy atom. The lowest BCUT2D eigenvalue weighted by molar-refractivity contribution is -0.384. The van der Waals surface area contributed by atoms with Crippen molar-refractivity contribution in [1.82, 2.24) is 4.31 Å². The van der Waals surface area contributed by atoms with Crippen molar-refractivity contribution in [2.45, 2.75) is 25.7 Å². The average Bonchev–Trinajstić information content (AvgIpc) is 2.67. The maximum atomic E-state index is 12.9. The third kappa shape index (κ3) is 5.52. The molecule has 0 unspecified atom stereocenters. The van der Waals surface area contributed by atoms with Gasteiger partial charge in [0.25, 0.3) is 5.69 Å². The summed E-state index contributed by atoms with van der Waals surface area (Å²) in [4.78, 5) is 22.7. The van der Waals surface area contributed by atoms with E-state index in [0.29, 0.717) is 17.9 Å². The second-order valence-corrected chi connectivity index (χ2v) is 8.09. The first-order valence-corrected chi connectivity index (χ1v) is 10.4. The summed E-state index contributed by atoms with van der Waals surface area (Å²) < 4.78 is 32.3. The van der Waals surface area contributed by atoms with E-state index in [1.54, 1.807) is 19.9 Å². The van der Waals surface area contributed by atoms with Gasteiger partial charge >= 0.3 is 0 Å². The number of sulfonamides is 1. The van der Waals surface area contributed by atoms with Crippen LogP contribution in [0.5, 0.6) is 5.75 Å². The summed E-state index contributed by atoms with van der Waals surface area (Å²) in [5, 5.41) is 13.3. The Labute approximate surface area is 169 Å². The molecule has 1 amide bonds. The maximum absolute atomic E-state index is 12.9. The van der Waals surface area contributed by atoms with Gasteiger partial charge in [-0.3, -0.25) is 14.9 Å². The highest BCUT2D eigenvalue weighted by Crippen LogP contribution is 2.24. The van der Waals surface area contributed by atoms with E-state index in [-0.39, 0.29) is 22.8 Å². The first-order chi connectivity index (χ1) is 13.7. The second kappa shape index (κ2) is 9.48. The summed E-state index contributed by atoms with van der Waals surface area (Å²) in [7, 11) is -3.91. The summed E-state index contributed by atoms with van der Waals surface area (Å²) in [6.45, 7) is 5.33. The van der Waals surface area contributed by atoms with Crippen molar-refractivity contribution < 1.29 is 22.9 Å². The lowest BCUT2D eigenvalue weighted by atomic mass is 10.2. The summed E-state index contributed by atoms with van der Waals surface area (Å²) in [5.74, 6) is -0.00325. The zero-order chi connectivity index (χ0) is 21.6. The maximum Gasteiger partial charge on any atom is 0.271 e. The molecule has 10 heteroatoms. The van der Waals surface area contributed by atoms with E-state index in [1.807, 2.05) is 6.92 Å².